The SMILES string of the molecule is Cc1cn(C)c(=O)c(NC(=O)N[C@@H](CC(=O)O)c2cc(-c3ccccc3)ccc2F)c1O. The van der Waals surface area contributed by atoms with E-state index in [1.807, 2.05) is 30.3 Å². The summed E-state index contributed by atoms with van der Waals surface area (Å²) in [6.45, 7) is 1.55. The maximum absolute atomic E-state index is 14.6. The maximum Gasteiger partial charge on any atom is 0.319 e. The number of carboxylic acids is 1. The van der Waals surface area contributed by atoms with Crippen molar-refractivity contribution < 1.29 is 24.2 Å². The average molecular weight is 439 g/mol. The Balaban J connectivity index is 1.93. The third kappa shape index (κ3) is 4.94. The smallest absolute Gasteiger partial charge is 0.319 e. The molecule has 4 N–H and O–H groups in total. The number of benzene rings is 2. The molecule has 1 atom stereocenters. The number of carboxylic acid groups (broad SMARTS) is 1. The van der Waals surface area contributed by atoms with E-state index in [0.717, 1.165) is 5.56 Å². The van der Waals surface area contributed by atoms with Crippen LogP contribution in [-0.4, -0.2) is 26.8 Å². The number of aliphatic carboxylic acids is 1. The van der Waals surface area contributed by atoms with E-state index in [1.54, 1.807) is 13.0 Å². The average Bonchev–Trinajstić information content (AvgIpc) is 2.75. The number of hydrogen-bond donors (Lipinski definition) is 4. The molecule has 2 amide bonds. The Kier molecular flexibility index (Phi) is 6.58. The maximum atomic E-state index is 14.6. The molecular weight excluding hydrogens is 417 g/mol. The molecule has 0 unspecified atom stereocenters. The van der Waals surface area contributed by atoms with Crippen molar-refractivity contribution in [1.29, 1.82) is 0 Å². The Morgan fingerprint density at radius 2 is 1.81 bits per heavy atom. The first-order valence-electron chi connectivity index (χ1n) is 9.70. The highest BCUT2D eigenvalue weighted by molar-refractivity contribution is 5.91. The van der Waals surface area contributed by atoms with Gasteiger partial charge in [-0.15, -0.1) is 0 Å². The molecule has 0 saturated heterocycles. The number of aromatic nitrogens is 1. The van der Waals surface area contributed by atoms with E-state index in [9.17, 15) is 29.0 Å². The Labute approximate surface area is 183 Å². The Bertz CT molecular complexity index is 1220. The third-order valence-corrected chi connectivity index (χ3v) is 4.93. The van der Waals surface area contributed by atoms with Gasteiger partial charge in [0.25, 0.3) is 5.56 Å². The fraction of sp³-hybridized carbons (Fsp3) is 0.174. The molecule has 0 aliphatic rings. The van der Waals surface area contributed by atoms with Gasteiger partial charge in [-0.3, -0.25) is 9.59 Å². The molecule has 1 aromatic heterocycles. The number of halogens is 1. The van der Waals surface area contributed by atoms with Crippen LogP contribution in [0.3, 0.4) is 0 Å². The number of anilines is 1. The number of aromatic hydroxyl groups is 1. The number of nitrogens with one attached hydrogen (secondary N) is 2. The van der Waals surface area contributed by atoms with Crippen LogP contribution in [0.4, 0.5) is 14.9 Å². The van der Waals surface area contributed by atoms with Crippen molar-refractivity contribution in [3.8, 4) is 16.9 Å². The van der Waals surface area contributed by atoms with E-state index in [0.29, 0.717) is 11.1 Å². The fourth-order valence-electron chi connectivity index (χ4n) is 3.34. The monoisotopic (exact) mass is 439 g/mol. The predicted octanol–water partition coefficient (Wildman–Crippen LogP) is 3.54. The number of pyridine rings is 1. The van der Waals surface area contributed by atoms with Crippen molar-refractivity contribution >= 4 is 17.7 Å². The summed E-state index contributed by atoms with van der Waals surface area (Å²) in [6.07, 6.45) is 0.804. The lowest BCUT2D eigenvalue weighted by molar-refractivity contribution is -0.137. The minimum atomic E-state index is -1.26. The molecular formula is C23H22FN3O5. The van der Waals surface area contributed by atoms with E-state index in [-0.39, 0.29) is 11.3 Å². The molecule has 0 aliphatic heterocycles. The fourth-order valence-corrected chi connectivity index (χ4v) is 3.34. The largest absolute Gasteiger partial charge is 0.505 e. The van der Waals surface area contributed by atoms with Crippen LogP contribution in [0.2, 0.25) is 0 Å². The van der Waals surface area contributed by atoms with Gasteiger partial charge < -0.3 is 25.4 Å². The van der Waals surface area contributed by atoms with Crippen LogP contribution in [0.25, 0.3) is 11.1 Å². The summed E-state index contributed by atoms with van der Waals surface area (Å²) in [5.41, 5.74) is 0.745. The van der Waals surface area contributed by atoms with Crippen LogP contribution >= 0.6 is 0 Å². The van der Waals surface area contributed by atoms with Crippen molar-refractivity contribution in [3.05, 3.63) is 82.0 Å². The third-order valence-electron chi connectivity index (χ3n) is 4.93. The van der Waals surface area contributed by atoms with E-state index in [2.05, 4.69) is 10.6 Å². The quantitative estimate of drug-likeness (QED) is 0.468. The van der Waals surface area contributed by atoms with E-state index in [4.69, 9.17) is 0 Å². The summed E-state index contributed by atoms with van der Waals surface area (Å²) < 4.78 is 15.8. The number of hydrogen-bond acceptors (Lipinski definition) is 4. The summed E-state index contributed by atoms with van der Waals surface area (Å²) >= 11 is 0. The van der Waals surface area contributed by atoms with E-state index >= 15 is 0 Å². The zero-order valence-electron chi connectivity index (χ0n) is 17.4. The summed E-state index contributed by atoms with van der Waals surface area (Å²) in [5, 5.41) is 24.1. The van der Waals surface area contributed by atoms with Gasteiger partial charge >= 0.3 is 12.0 Å². The van der Waals surface area contributed by atoms with Gasteiger partial charge in [0.1, 0.15) is 11.6 Å². The zero-order valence-corrected chi connectivity index (χ0v) is 17.4. The minimum absolute atomic E-state index is 0.0229. The molecule has 3 aromatic rings. The predicted molar refractivity (Wildman–Crippen MR) is 117 cm³/mol. The molecule has 32 heavy (non-hydrogen) atoms. The highest BCUT2D eigenvalue weighted by Gasteiger charge is 2.23. The first kappa shape index (κ1) is 22.5. The lowest BCUT2D eigenvalue weighted by atomic mass is 9.97. The lowest BCUT2D eigenvalue weighted by Crippen LogP contribution is -2.36. The van der Waals surface area contributed by atoms with Crippen LogP contribution < -0.4 is 16.2 Å². The second-order valence-electron chi connectivity index (χ2n) is 7.30. The number of nitrogens with zero attached hydrogens (tertiary/aromatic N) is 1. The molecule has 0 bridgehead atoms. The van der Waals surface area contributed by atoms with Crippen molar-refractivity contribution in [1.82, 2.24) is 9.88 Å². The molecule has 0 aliphatic carbocycles. The topological polar surface area (TPSA) is 121 Å². The molecule has 9 heteroatoms. The molecule has 3 rings (SSSR count). The first-order chi connectivity index (χ1) is 15.2. The lowest BCUT2D eigenvalue weighted by Gasteiger charge is -2.20. The standard InChI is InChI=1S/C23H22FN3O5/c1-13-12-27(2)22(31)20(21(13)30)26-23(32)25-18(11-19(28)29)16-10-15(8-9-17(16)24)14-6-4-3-5-7-14/h3-10,12,18,30H,11H2,1-2H3,(H,28,29)(H2,25,26,32)/t18-/m0/s1. The Morgan fingerprint density at radius 1 is 1.12 bits per heavy atom. The molecule has 166 valence electrons. The number of aryl methyl sites for hydroxylation is 2. The highest BCUT2D eigenvalue weighted by atomic mass is 19.1. The number of urea groups is 1. The normalized spacial score (nSPS) is 11.6. The van der Waals surface area contributed by atoms with Crippen molar-refractivity contribution in [3.63, 3.8) is 0 Å². The Morgan fingerprint density at radius 3 is 2.47 bits per heavy atom. The molecule has 1 heterocycles. The Hall–Kier alpha value is -4.14. The van der Waals surface area contributed by atoms with Crippen LogP contribution in [0, 0.1) is 12.7 Å². The van der Waals surface area contributed by atoms with Gasteiger partial charge in [-0.25, -0.2) is 9.18 Å². The van der Waals surface area contributed by atoms with Gasteiger partial charge in [-0.1, -0.05) is 36.4 Å². The molecule has 2 aromatic carbocycles. The highest BCUT2D eigenvalue weighted by Crippen LogP contribution is 2.28. The number of carbonyl (C=O) groups excluding carboxylic acids is 1. The molecule has 0 saturated carbocycles. The van der Waals surface area contributed by atoms with Crippen molar-refractivity contribution in [2.45, 2.75) is 19.4 Å². The molecule has 8 nitrogen and oxygen atoms in total. The second-order valence-corrected chi connectivity index (χ2v) is 7.30. The van der Waals surface area contributed by atoms with Gasteiger partial charge in [0.05, 0.1) is 12.5 Å². The van der Waals surface area contributed by atoms with Crippen molar-refractivity contribution in [2.24, 2.45) is 7.05 Å². The zero-order chi connectivity index (χ0) is 23.4. The summed E-state index contributed by atoms with van der Waals surface area (Å²) in [6, 6.07) is 11.1. The first-order valence-corrected chi connectivity index (χ1v) is 9.70. The van der Waals surface area contributed by atoms with Gasteiger partial charge in [0.15, 0.2) is 5.69 Å². The van der Waals surface area contributed by atoms with E-state index in [1.165, 1.54) is 29.9 Å². The van der Waals surface area contributed by atoms with Gasteiger partial charge in [0, 0.05) is 24.4 Å². The van der Waals surface area contributed by atoms with Crippen LogP contribution in [0.5, 0.6) is 5.75 Å². The second kappa shape index (κ2) is 9.34. The van der Waals surface area contributed by atoms with Gasteiger partial charge in [0.2, 0.25) is 0 Å². The summed E-state index contributed by atoms with van der Waals surface area (Å²) in [4.78, 5) is 36.2. The van der Waals surface area contributed by atoms with Gasteiger partial charge in [-0.05, 0) is 30.2 Å². The van der Waals surface area contributed by atoms with Crippen LogP contribution in [0.1, 0.15) is 23.6 Å². The molecule has 0 fully saturated rings. The molecule has 0 spiro atoms. The van der Waals surface area contributed by atoms with Crippen LogP contribution in [-0.2, 0) is 11.8 Å². The van der Waals surface area contributed by atoms with Gasteiger partial charge in [-0.2, -0.15) is 0 Å². The van der Waals surface area contributed by atoms with Crippen molar-refractivity contribution in [2.75, 3.05) is 5.32 Å². The van der Waals surface area contributed by atoms with Crippen LogP contribution in [0.15, 0.2) is 59.5 Å². The number of carbonyl (C=O) groups is 2. The summed E-state index contributed by atoms with van der Waals surface area (Å²) in [5.74, 6) is -2.35. The summed E-state index contributed by atoms with van der Waals surface area (Å²) in [7, 11) is 1.45. The molecule has 0 radical (unpaired) electrons. The number of rotatable bonds is 6. The van der Waals surface area contributed by atoms with E-state index < -0.39 is 41.6 Å². The minimum Gasteiger partial charge on any atom is -0.505 e. The number of amides is 2.